The van der Waals surface area contributed by atoms with Crippen molar-refractivity contribution in [2.45, 2.75) is 13.5 Å². The summed E-state index contributed by atoms with van der Waals surface area (Å²) in [7, 11) is 1.82. The molecule has 1 aromatic heterocycles. The Labute approximate surface area is 110 Å². The third kappa shape index (κ3) is 2.90. The molecule has 1 aromatic carbocycles. The van der Waals surface area contributed by atoms with Crippen LogP contribution in [0, 0.1) is 12.7 Å². The molecule has 100 valence electrons. The van der Waals surface area contributed by atoms with E-state index in [-0.39, 0.29) is 5.56 Å². The van der Waals surface area contributed by atoms with Crippen molar-refractivity contribution < 1.29 is 9.18 Å². The summed E-state index contributed by atoms with van der Waals surface area (Å²) in [5, 5.41) is 7.28. The highest BCUT2D eigenvalue weighted by molar-refractivity contribution is 5.92. The van der Waals surface area contributed by atoms with E-state index < -0.39 is 11.7 Å². The van der Waals surface area contributed by atoms with E-state index in [9.17, 15) is 9.18 Å². The Morgan fingerprint density at radius 3 is 2.79 bits per heavy atom. The van der Waals surface area contributed by atoms with Crippen LogP contribution in [0.2, 0.25) is 0 Å². The van der Waals surface area contributed by atoms with Crippen LogP contribution in [-0.4, -0.2) is 15.7 Å². The second-order valence-electron chi connectivity index (χ2n) is 4.33. The van der Waals surface area contributed by atoms with E-state index in [1.807, 2.05) is 20.2 Å². The largest absolute Gasteiger partial charge is 0.378 e. The Kier molecular flexibility index (Phi) is 3.50. The van der Waals surface area contributed by atoms with Crippen molar-refractivity contribution in [1.29, 1.82) is 0 Å². The van der Waals surface area contributed by atoms with Gasteiger partial charge in [0, 0.05) is 30.9 Å². The van der Waals surface area contributed by atoms with Crippen LogP contribution in [-0.2, 0) is 13.6 Å². The van der Waals surface area contributed by atoms with E-state index in [0.717, 1.165) is 17.4 Å². The zero-order valence-corrected chi connectivity index (χ0v) is 10.8. The number of anilines is 1. The maximum Gasteiger partial charge on any atom is 0.248 e. The molecule has 1 amide bonds. The Hall–Kier alpha value is -2.37. The average molecular weight is 262 g/mol. The summed E-state index contributed by atoms with van der Waals surface area (Å²) in [6.45, 7) is 2.19. The highest BCUT2D eigenvalue weighted by atomic mass is 19.1. The molecule has 0 spiro atoms. The van der Waals surface area contributed by atoms with Gasteiger partial charge in [-0.3, -0.25) is 9.48 Å². The van der Waals surface area contributed by atoms with E-state index in [2.05, 4.69) is 10.4 Å². The molecule has 0 unspecified atom stereocenters. The second kappa shape index (κ2) is 5.09. The predicted molar refractivity (Wildman–Crippen MR) is 70.2 cm³/mol. The van der Waals surface area contributed by atoms with Crippen LogP contribution >= 0.6 is 0 Å². The SMILES string of the molecule is Cc1nn(C)cc1NCc1ccc(C(N)=O)cc1F. The van der Waals surface area contributed by atoms with Crippen LogP contribution < -0.4 is 11.1 Å². The maximum absolute atomic E-state index is 13.8. The lowest BCUT2D eigenvalue weighted by atomic mass is 10.1. The molecule has 3 N–H and O–H groups in total. The van der Waals surface area contributed by atoms with Gasteiger partial charge in [-0.05, 0) is 19.1 Å². The van der Waals surface area contributed by atoms with Gasteiger partial charge in [0.05, 0.1) is 11.4 Å². The molecule has 1 heterocycles. The number of aromatic nitrogens is 2. The molecule has 2 aromatic rings. The molecule has 0 atom stereocenters. The number of hydrogen-bond donors (Lipinski definition) is 2. The number of carbonyl (C=O) groups is 1. The van der Waals surface area contributed by atoms with Crippen molar-refractivity contribution in [1.82, 2.24) is 9.78 Å². The van der Waals surface area contributed by atoms with Gasteiger partial charge < -0.3 is 11.1 Å². The number of carbonyl (C=O) groups excluding carboxylic acids is 1. The lowest BCUT2D eigenvalue weighted by Crippen LogP contribution is -2.12. The third-order valence-corrected chi connectivity index (χ3v) is 2.82. The highest BCUT2D eigenvalue weighted by Gasteiger charge is 2.08. The maximum atomic E-state index is 13.8. The minimum Gasteiger partial charge on any atom is -0.378 e. The standard InChI is InChI=1S/C13H15FN4O/c1-8-12(7-18(2)17-8)16-6-10-4-3-9(13(15)19)5-11(10)14/h3-5,7,16H,6H2,1-2H3,(H2,15,19). The summed E-state index contributed by atoms with van der Waals surface area (Å²) in [4.78, 5) is 10.9. The average Bonchev–Trinajstić information content (AvgIpc) is 2.66. The van der Waals surface area contributed by atoms with Gasteiger partial charge in [-0.25, -0.2) is 4.39 Å². The monoisotopic (exact) mass is 262 g/mol. The molecule has 0 fully saturated rings. The van der Waals surface area contributed by atoms with E-state index in [4.69, 9.17) is 5.73 Å². The lowest BCUT2D eigenvalue weighted by Gasteiger charge is -2.07. The Morgan fingerprint density at radius 2 is 2.26 bits per heavy atom. The number of rotatable bonds is 4. The quantitative estimate of drug-likeness (QED) is 0.878. The summed E-state index contributed by atoms with van der Waals surface area (Å²) in [5.74, 6) is -1.09. The summed E-state index contributed by atoms with van der Waals surface area (Å²) in [5.41, 5.74) is 7.41. The van der Waals surface area contributed by atoms with Gasteiger partial charge in [-0.15, -0.1) is 0 Å². The van der Waals surface area contributed by atoms with Crippen LogP contribution in [0.15, 0.2) is 24.4 Å². The smallest absolute Gasteiger partial charge is 0.248 e. The van der Waals surface area contributed by atoms with E-state index in [1.54, 1.807) is 10.7 Å². The molecule has 5 nitrogen and oxygen atoms in total. The molecular weight excluding hydrogens is 247 g/mol. The molecule has 0 aliphatic heterocycles. The van der Waals surface area contributed by atoms with Crippen molar-refractivity contribution in [3.05, 3.63) is 47.0 Å². The van der Waals surface area contributed by atoms with E-state index in [1.165, 1.54) is 6.07 Å². The summed E-state index contributed by atoms with van der Waals surface area (Å²) < 4.78 is 15.4. The summed E-state index contributed by atoms with van der Waals surface area (Å²) in [6, 6.07) is 4.21. The number of hydrogen-bond acceptors (Lipinski definition) is 3. The first kappa shape index (κ1) is 13.1. The molecule has 0 aliphatic rings. The minimum absolute atomic E-state index is 0.166. The zero-order valence-electron chi connectivity index (χ0n) is 10.8. The van der Waals surface area contributed by atoms with Gasteiger partial charge in [0.1, 0.15) is 5.82 Å². The van der Waals surface area contributed by atoms with Crippen LogP contribution in [0.25, 0.3) is 0 Å². The molecule has 0 saturated carbocycles. The first-order valence-corrected chi connectivity index (χ1v) is 5.79. The van der Waals surface area contributed by atoms with Crippen LogP contribution in [0.1, 0.15) is 21.6 Å². The van der Waals surface area contributed by atoms with Gasteiger partial charge >= 0.3 is 0 Å². The fraction of sp³-hybridized carbons (Fsp3) is 0.231. The highest BCUT2D eigenvalue weighted by Crippen LogP contribution is 2.15. The van der Waals surface area contributed by atoms with Gasteiger partial charge in [-0.1, -0.05) is 6.07 Å². The molecule has 6 heteroatoms. The Morgan fingerprint density at radius 1 is 1.53 bits per heavy atom. The number of aryl methyl sites for hydroxylation is 2. The van der Waals surface area contributed by atoms with Crippen molar-refractivity contribution in [3.8, 4) is 0 Å². The van der Waals surface area contributed by atoms with Gasteiger partial charge in [0.25, 0.3) is 0 Å². The Balaban J connectivity index is 2.12. The number of benzene rings is 1. The number of nitrogens with two attached hydrogens (primary N) is 1. The molecule has 0 aliphatic carbocycles. The van der Waals surface area contributed by atoms with Gasteiger partial charge in [0.15, 0.2) is 0 Å². The van der Waals surface area contributed by atoms with Gasteiger partial charge in [-0.2, -0.15) is 5.10 Å². The molecule has 19 heavy (non-hydrogen) atoms. The summed E-state index contributed by atoms with van der Waals surface area (Å²) in [6.07, 6.45) is 1.82. The third-order valence-electron chi connectivity index (χ3n) is 2.82. The first-order chi connectivity index (χ1) is 8.97. The van der Waals surface area contributed by atoms with Crippen molar-refractivity contribution in [2.75, 3.05) is 5.32 Å². The molecule has 0 radical (unpaired) electrons. The molecule has 0 bridgehead atoms. The molecule has 0 saturated heterocycles. The number of nitrogens with zero attached hydrogens (tertiary/aromatic N) is 2. The van der Waals surface area contributed by atoms with Crippen molar-refractivity contribution >= 4 is 11.6 Å². The van der Waals surface area contributed by atoms with Crippen molar-refractivity contribution in [3.63, 3.8) is 0 Å². The van der Waals surface area contributed by atoms with Crippen LogP contribution in [0.5, 0.6) is 0 Å². The minimum atomic E-state index is -0.637. The van der Waals surface area contributed by atoms with Crippen molar-refractivity contribution in [2.24, 2.45) is 12.8 Å². The normalized spacial score (nSPS) is 10.5. The molecular formula is C13H15FN4O. The fourth-order valence-electron chi connectivity index (χ4n) is 1.81. The number of nitrogens with one attached hydrogen (secondary N) is 1. The fourth-order valence-corrected chi connectivity index (χ4v) is 1.81. The number of amides is 1. The predicted octanol–water partition coefficient (Wildman–Crippen LogP) is 1.58. The van der Waals surface area contributed by atoms with Crippen LogP contribution in [0.4, 0.5) is 10.1 Å². The van der Waals surface area contributed by atoms with Crippen LogP contribution in [0.3, 0.4) is 0 Å². The Bertz CT molecular complexity index is 621. The van der Waals surface area contributed by atoms with E-state index >= 15 is 0 Å². The second-order valence-corrected chi connectivity index (χ2v) is 4.33. The van der Waals surface area contributed by atoms with Gasteiger partial charge in [0.2, 0.25) is 5.91 Å². The first-order valence-electron chi connectivity index (χ1n) is 5.79. The number of halogens is 1. The zero-order chi connectivity index (χ0) is 14.0. The number of primary amides is 1. The van der Waals surface area contributed by atoms with E-state index in [0.29, 0.717) is 12.1 Å². The summed E-state index contributed by atoms with van der Waals surface area (Å²) >= 11 is 0. The topological polar surface area (TPSA) is 72.9 Å². The lowest BCUT2D eigenvalue weighted by molar-refractivity contribution is 0.1000. The molecule has 2 rings (SSSR count).